The third-order valence-electron chi connectivity index (χ3n) is 6.78. The maximum atomic E-state index is 6.73. The Balaban J connectivity index is 1.98. The third kappa shape index (κ3) is 4.74. The van der Waals surface area contributed by atoms with Gasteiger partial charge in [0.05, 0.1) is 28.8 Å². The Morgan fingerprint density at radius 2 is 1.54 bits per heavy atom. The van der Waals surface area contributed by atoms with Crippen LogP contribution >= 0.6 is 0 Å². The van der Waals surface area contributed by atoms with Gasteiger partial charge in [0.15, 0.2) is 0 Å². The van der Waals surface area contributed by atoms with Crippen LogP contribution in [0.5, 0.6) is 0 Å². The number of unbranched alkanes of at least 4 members (excludes halogenated alkanes) is 5. The molecule has 4 heteroatoms. The van der Waals surface area contributed by atoms with Crippen LogP contribution in [0.2, 0.25) is 19.1 Å². The Bertz CT molecular complexity index is 337. The summed E-state index contributed by atoms with van der Waals surface area (Å²) in [6.45, 7) is 9.38. The molecule has 0 aromatic rings. The summed E-state index contributed by atoms with van der Waals surface area (Å²) < 4.78 is 13.3. The van der Waals surface area contributed by atoms with Gasteiger partial charge in [0.1, 0.15) is 0 Å². The standard InChI is InChI=1S/C20H42O2Si2/c1-4-5-6-7-8-13-18-24(3)20(15-10-12-17-22-20)19(23-2)14-9-11-16-21-19/h24H,4-18,23H2,1-3H3. The van der Waals surface area contributed by atoms with Crippen molar-refractivity contribution < 1.29 is 9.47 Å². The van der Waals surface area contributed by atoms with E-state index in [4.69, 9.17) is 9.47 Å². The van der Waals surface area contributed by atoms with E-state index < -0.39 is 8.80 Å². The average Bonchev–Trinajstić information content (AvgIpc) is 2.65. The predicted molar refractivity (Wildman–Crippen MR) is 111 cm³/mol. The fourth-order valence-electron chi connectivity index (χ4n) is 5.24. The van der Waals surface area contributed by atoms with Crippen molar-refractivity contribution in [3.63, 3.8) is 0 Å². The second kappa shape index (κ2) is 10.5. The normalized spacial score (nSPS) is 33.1. The van der Waals surface area contributed by atoms with E-state index in [1.165, 1.54) is 83.1 Å². The molecule has 0 aromatic carbocycles. The Morgan fingerprint density at radius 3 is 2.12 bits per heavy atom. The van der Waals surface area contributed by atoms with Crippen LogP contribution in [-0.4, -0.2) is 42.0 Å². The Labute approximate surface area is 154 Å². The zero-order valence-corrected chi connectivity index (χ0v) is 19.3. The van der Waals surface area contributed by atoms with E-state index in [1.54, 1.807) is 0 Å². The highest BCUT2D eigenvalue weighted by Gasteiger charge is 2.56. The van der Waals surface area contributed by atoms with E-state index in [9.17, 15) is 0 Å². The number of ether oxygens (including phenoxy) is 2. The molecule has 0 N–H and O–H groups in total. The molecule has 2 saturated heterocycles. The highest BCUT2D eigenvalue weighted by molar-refractivity contribution is 6.63. The molecule has 24 heavy (non-hydrogen) atoms. The van der Waals surface area contributed by atoms with Gasteiger partial charge in [-0.1, -0.05) is 64.6 Å². The quantitative estimate of drug-likeness (QED) is 0.406. The summed E-state index contributed by atoms with van der Waals surface area (Å²) in [5.74, 6) is 0. The van der Waals surface area contributed by atoms with Gasteiger partial charge >= 0.3 is 0 Å². The topological polar surface area (TPSA) is 18.5 Å². The first kappa shape index (κ1) is 20.7. The highest BCUT2D eigenvalue weighted by atomic mass is 28.3. The average molecular weight is 371 g/mol. The van der Waals surface area contributed by atoms with Gasteiger partial charge in [-0.2, -0.15) is 0 Å². The molecule has 2 aliphatic rings. The predicted octanol–water partition coefficient (Wildman–Crippen LogP) is 4.80. The summed E-state index contributed by atoms with van der Waals surface area (Å²) in [4.78, 5) is 0. The van der Waals surface area contributed by atoms with Crippen LogP contribution in [0.1, 0.15) is 84.0 Å². The molecule has 2 nitrogen and oxygen atoms in total. The van der Waals surface area contributed by atoms with Crippen molar-refractivity contribution in [1.82, 2.24) is 0 Å². The van der Waals surface area contributed by atoms with Gasteiger partial charge in [0.2, 0.25) is 0 Å². The van der Waals surface area contributed by atoms with E-state index in [0.717, 1.165) is 13.2 Å². The zero-order valence-electron chi connectivity index (χ0n) is 16.7. The molecule has 2 rings (SSSR count). The SMILES string of the molecule is CCCCCCCC[SiH](C)C1(C2([SiH2]C)CCCCO2)CCCCO1. The molecular formula is C20H42O2Si2. The Morgan fingerprint density at radius 1 is 0.875 bits per heavy atom. The van der Waals surface area contributed by atoms with Crippen LogP contribution in [-0.2, 0) is 9.47 Å². The summed E-state index contributed by atoms with van der Waals surface area (Å²) >= 11 is 0. The molecule has 2 fully saturated rings. The van der Waals surface area contributed by atoms with Gasteiger partial charge in [0.25, 0.3) is 0 Å². The van der Waals surface area contributed by atoms with Crippen molar-refractivity contribution in [2.45, 2.75) is 114 Å². The fraction of sp³-hybridized carbons (Fsp3) is 1.00. The van der Waals surface area contributed by atoms with Crippen molar-refractivity contribution >= 4 is 18.3 Å². The Kier molecular flexibility index (Phi) is 9.03. The molecule has 3 unspecified atom stereocenters. The minimum absolute atomic E-state index is 0.177. The lowest BCUT2D eigenvalue weighted by Gasteiger charge is -2.56. The van der Waals surface area contributed by atoms with E-state index in [2.05, 4.69) is 20.0 Å². The third-order valence-corrected chi connectivity index (χ3v) is 13.3. The number of hydrogen-bond acceptors (Lipinski definition) is 2. The van der Waals surface area contributed by atoms with Gasteiger partial charge in [0, 0.05) is 13.2 Å². The molecule has 0 bridgehead atoms. The van der Waals surface area contributed by atoms with Crippen molar-refractivity contribution in [2.24, 2.45) is 0 Å². The van der Waals surface area contributed by atoms with Crippen molar-refractivity contribution in [3.05, 3.63) is 0 Å². The van der Waals surface area contributed by atoms with E-state index in [-0.39, 0.29) is 20.0 Å². The van der Waals surface area contributed by atoms with Gasteiger partial charge in [-0.05, 0) is 38.5 Å². The molecule has 142 valence electrons. The van der Waals surface area contributed by atoms with Crippen LogP contribution in [0.3, 0.4) is 0 Å². The summed E-state index contributed by atoms with van der Waals surface area (Å²) in [6, 6.07) is 1.46. The Hall–Kier alpha value is 0.354. The molecule has 2 heterocycles. The van der Waals surface area contributed by atoms with Crippen molar-refractivity contribution in [3.8, 4) is 0 Å². The second-order valence-corrected chi connectivity index (χ2v) is 13.5. The molecule has 0 aliphatic carbocycles. The molecular weight excluding hydrogens is 328 g/mol. The smallest absolute Gasteiger partial charge is 0.0796 e. The fourth-order valence-corrected chi connectivity index (χ4v) is 12.3. The molecule has 3 atom stereocenters. The van der Waals surface area contributed by atoms with Gasteiger partial charge in [-0.15, -0.1) is 0 Å². The van der Waals surface area contributed by atoms with Crippen molar-refractivity contribution in [2.75, 3.05) is 13.2 Å². The first-order valence-corrected chi connectivity index (χ1v) is 15.7. The van der Waals surface area contributed by atoms with Crippen LogP contribution in [0.15, 0.2) is 0 Å². The first-order chi connectivity index (χ1) is 11.7. The summed E-state index contributed by atoms with van der Waals surface area (Å²) in [7, 11) is -1.18. The lowest BCUT2D eigenvalue weighted by Crippen LogP contribution is -2.69. The second-order valence-electron chi connectivity index (χ2n) is 8.31. The number of rotatable bonds is 10. The monoisotopic (exact) mass is 370 g/mol. The lowest BCUT2D eigenvalue weighted by molar-refractivity contribution is -0.162. The van der Waals surface area contributed by atoms with Crippen LogP contribution in [0.4, 0.5) is 0 Å². The van der Waals surface area contributed by atoms with Gasteiger partial charge < -0.3 is 9.47 Å². The van der Waals surface area contributed by atoms with Gasteiger partial charge in [-0.3, -0.25) is 0 Å². The van der Waals surface area contributed by atoms with E-state index in [0.29, 0.717) is 0 Å². The lowest BCUT2D eigenvalue weighted by atomic mass is 9.96. The maximum Gasteiger partial charge on any atom is 0.0796 e. The molecule has 0 radical (unpaired) electrons. The van der Waals surface area contributed by atoms with Gasteiger partial charge in [-0.25, -0.2) is 0 Å². The van der Waals surface area contributed by atoms with Crippen LogP contribution in [0.25, 0.3) is 0 Å². The molecule has 0 spiro atoms. The van der Waals surface area contributed by atoms with E-state index in [1.807, 2.05) is 0 Å². The molecule has 0 saturated carbocycles. The molecule has 0 aromatic heterocycles. The summed E-state index contributed by atoms with van der Waals surface area (Å²) in [6.07, 6.45) is 16.4. The zero-order chi connectivity index (χ0) is 17.3. The maximum absolute atomic E-state index is 6.73. The largest absolute Gasteiger partial charge is 0.377 e. The van der Waals surface area contributed by atoms with Crippen LogP contribution < -0.4 is 0 Å². The minimum Gasteiger partial charge on any atom is -0.377 e. The first-order valence-electron chi connectivity index (χ1n) is 11.0. The summed E-state index contributed by atoms with van der Waals surface area (Å²) in [5.41, 5.74) is 0. The molecule has 2 aliphatic heterocycles. The van der Waals surface area contributed by atoms with Crippen LogP contribution in [0, 0.1) is 0 Å². The van der Waals surface area contributed by atoms with E-state index >= 15 is 0 Å². The number of hydrogen-bond donors (Lipinski definition) is 0. The van der Waals surface area contributed by atoms with Crippen molar-refractivity contribution in [1.29, 1.82) is 0 Å². The molecule has 0 amide bonds. The highest BCUT2D eigenvalue weighted by Crippen LogP contribution is 2.45. The summed E-state index contributed by atoms with van der Waals surface area (Å²) in [5, 5.41) is 0.357. The minimum atomic E-state index is -0.949.